The average Bonchev–Trinajstić information content (AvgIpc) is 2.33. The fraction of sp³-hybridized carbons (Fsp3) is 0.467. The highest BCUT2D eigenvalue weighted by atomic mass is 16.3. The number of terminal acetylenes is 1. The van der Waals surface area contributed by atoms with Gasteiger partial charge in [0.15, 0.2) is 0 Å². The van der Waals surface area contributed by atoms with Gasteiger partial charge >= 0.3 is 0 Å². The number of hydrogen-bond donors (Lipinski definition) is 2. The molecule has 0 bridgehead atoms. The standard InChI is InChI=1S/C15H22O2/c1-3-5-7-8-9-11-13-15(17)14(16)12-10-6-4-2/h2,5-7,9-11,14-17H,3,8,12-13H2,1H3/b7-5+,10-6-,11-9-/t14-,15-/m1/s1. The van der Waals surface area contributed by atoms with Crippen molar-refractivity contribution in [3.63, 3.8) is 0 Å². The zero-order valence-corrected chi connectivity index (χ0v) is 10.4. The molecule has 0 amide bonds. The van der Waals surface area contributed by atoms with Crippen LogP contribution in [-0.2, 0) is 0 Å². The van der Waals surface area contributed by atoms with Crippen LogP contribution in [0.2, 0.25) is 0 Å². The molecule has 94 valence electrons. The molecule has 0 aliphatic rings. The third-order valence-electron chi connectivity index (χ3n) is 2.25. The Labute approximate surface area is 104 Å². The topological polar surface area (TPSA) is 40.5 Å². The van der Waals surface area contributed by atoms with E-state index in [9.17, 15) is 10.2 Å². The molecule has 0 aliphatic heterocycles. The highest BCUT2D eigenvalue weighted by molar-refractivity contribution is 5.09. The van der Waals surface area contributed by atoms with Crippen LogP contribution >= 0.6 is 0 Å². The molecule has 0 fully saturated rings. The van der Waals surface area contributed by atoms with E-state index in [1.807, 2.05) is 12.2 Å². The van der Waals surface area contributed by atoms with Crippen LogP contribution in [0.3, 0.4) is 0 Å². The van der Waals surface area contributed by atoms with Gasteiger partial charge in [0.2, 0.25) is 0 Å². The van der Waals surface area contributed by atoms with E-state index in [1.165, 1.54) is 6.08 Å². The van der Waals surface area contributed by atoms with Crippen LogP contribution in [0.25, 0.3) is 0 Å². The SMILES string of the molecule is C#C/C=C\C[C@@H](O)[C@H](O)C/C=C\C/C=C/CC. The molecule has 0 saturated carbocycles. The molecule has 2 nitrogen and oxygen atoms in total. The first kappa shape index (κ1) is 15.7. The minimum absolute atomic E-state index is 0.384. The molecule has 0 aromatic carbocycles. The largest absolute Gasteiger partial charge is 0.390 e. The Hall–Kier alpha value is -1.30. The minimum Gasteiger partial charge on any atom is -0.390 e. The van der Waals surface area contributed by atoms with E-state index >= 15 is 0 Å². The molecular formula is C15H22O2. The summed E-state index contributed by atoms with van der Waals surface area (Å²) in [6.45, 7) is 2.09. The molecule has 0 aromatic heterocycles. The highest BCUT2D eigenvalue weighted by Crippen LogP contribution is 2.05. The molecule has 2 N–H and O–H groups in total. The van der Waals surface area contributed by atoms with Crippen LogP contribution in [0.1, 0.15) is 32.6 Å². The van der Waals surface area contributed by atoms with Crippen LogP contribution in [0, 0.1) is 12.3 Å². The summed E-state index contributed by atoms with van der Waals surface area (Å²) in [5.41, 5.74) is 0. The molecule has 0 saturated heterocycles. The second-order valence-electron chi connectivity index (χ2n) is 3.76. The van der Waals surface area contributed by atoms with Gasteiger partial charge in [0.1, 0.15) is 0 Å². The molecule has 0 rings (SSSR count). The second kappa shape index (κ2) is 11.2. The van der Waals surface area contributed by atoms with Gasteiger partial charge in [0.25, 0.3) is 0 Å². The summed E-state index contributed by atoms with van der Waals surface area (Å²) >= 11 is 0. The van der Waals surface area contributed by atoms with Crippen molar-refractivity contribution >= 4 is 0 Å². The summed E-state index contributed by atoms with van der Waals surface area (Å²) in [4.78, 5) is 0. The lowest BCUT2D eigenvalue weighted by Gasteiger charge is -2.13. The molecular weight excluding hydrogens is 212 g/mol. The van der Waals surface area contributed by atoms with Gasteiger partial charge in [-0.3, -0.25) is 0 Å². The van der Waals surface area contributed by atoms with Crippen molar-refractivity contribution in [3.05, 3.63) is 36.5 Å². The maximum absolute atomic E-state index is 9.61. The maximum Gasteiger partial charge on any atom is 0.0836 e. The van der Waals surface area contributed by atoms with Gasteiger partial charge in [-0.1, -0.05) is 43.2 Å². The summed E-state index contributed by atoms with van der Waals surface area (Å²) in [5.74, 6) is 2.34. The first-order valence-corrected chi connectivity index (χ1v) is 5.99. The van der Waals surface area contributed by atoms with Crippen molar-refractivity contribution in [2.24, 2.45) is 0 Å². The van der Waals surface area contributed by atoms with E-state index in [0.29, 0.717) is 12.8 Å². The van der Waals surface area contributed by atoms with Gasteiger partial charge < -0.3 is 10.2 Å². The van der Waals surface area contributed by atoms with Crippen LogP contribution < -0.4 is 0 Å². The Morgan fingerprint density at radius 1 is 1.00 bits per heavy atom. The zero-order chi connectivity index (χ0) is 12.9. The lowest BCUT2D eigenvalue weighted by Crippen LogP contribution is -2.24. The molecule has 0 aromatic rings. The number of aliphatic hydroxyl groups excluding tert-OH is 2. The molecule has 0 unspecified atom stereocenters. The van der Waals surface area contributed by atoms with Gasteiger partial charge in [-0.2, -0.15) is 0 Å². The Morgan fingerprint density at radius 3 is 2.18 bits per heavy atom. The maximum atomic E-state index is 9.61. The predicted octanol–water partition coefficient (Wildman–Crippen LogP) is 2.59. The van der Waals surface area contributed by atoms with E-state index < -0.39 is 12.2 Å². The van der Waals surface area contributed by atoms with E-state index in [1.54, 1.807) is 6.08 Å². The third-order valence-corrected chi connectivity index (χ3v) is 2.25. The summed E-state index contributed by atoms with van der Waals surface area (Å²) in [6, 6.07) is 0. The number of allylic oxidation sites excluding steroid dienone is 4. The van der Waals surface area contributed by atoms with Crippen LogP contribution in [0.5, 0.6) is 0 Å². The first-order chi connectivity index (χ1) is 8.22. The van der Waals surface area contributed by atoms with Gasteiger partial charge in [-0.05, 0) is 31.8 Å². The molecule has 0 heterocycles. The van der Waals surface area contributed by atoms with Crippen LogP contribution in [0.15, 0.2) is 36.5 Å². The van der Waals surface area contributed by atoms with Crippen LogP contribution in [0.4, 0.5) is 0 Å². The summed E-state index contributed by atoms with van der Waals surface area (Å²) < 4.78 is 0. The molecule has 0 radical (unpaired) electrons. The molecule has 2 heteroatoms. The Bertz CT molecular complexity index is 295. The van der Waals surface area contributed by atoms with Crippen LogP contribution in [-0.4, -0.2) is 22.4 Å². The lowest BCUT2D eigenvalue weighted by molar-refractivity contribution is 0.0238. The molecule has 2 atom stereocenters. The summed E-state index contributed by atoms with van der Waals surface area (Å²) in [6.07, 6.45) is 17.6. The van der Waals surface area contributed by atoms with Gasteiger partial charge in [-0.15, -0.1) is 6.42 Å². The first-order valence-electron chi connectivity index (χ1n) is 5.99. The van der Waals surface area contributed by atoms with E-state index in [2.05, 4.69) is 25.0 Å². The van der Waals surface area contributed by atoms with Crippen molar-refractivity contribution in [3.8, 4) is 12.3 Å². The van der Waals surface area contributed by atoms with E-state index in [0.717, 1.165) is 12.8 Å². The summed E-state index contributed by atoms with van der Waals surface area (Å²) in [7, 11) is 0. The second-order valence-corrected chi connectivity index (χ2v) is 3.76. The number of hydrogen-bond acceptors (Lipinski definition) is 2. The normalized spacial score (nSPS) is 15.6. The predicted molar refractivity (Wildman–Crippen MR) is 72.4 cm³/mol. The van der Waals surface area contributed by atoms with Crippen molar-refractivity contribution in [2.45, 2.75) is 44.8 Å². The van der Waals surface area contributed by atoms with Gasteiger partial charge in [-0.25, -0.2) is 0 Å². The van der Waals surface area contributed by atoms with Crippen molar-refractivity contribution in [2.75, 3.05) is 0 Å². The Kier molecular flexibility index (Phi) is 10.3. The molecule has 17 heavy (non-hydrogen) atoms. The monoisotopic (exact) mass is 234 g/mol. The fourth-order valence-electron chi connectivity index (χ4n) is 1.26. The summed E-state index contributed by atoms with van der Waals surface area (Å²) in [5, 5.41) is 19.2. The van der Waals surface area contributed by atoms with Crippen molar-refractivity contribution in [1.29, 1.82) is 0 Å². The quantitative estimate of drug-likeness (QED) is 0.500. The smallest absolute Gasteiger partial charge is 0.0836 e. The van der Waals surface area contributed by atoms with E-state index in [4.69, 9.17) is 6.42 Å². The van der Waals surface area contributed by atoms with Crippen molar-refractivity contribution < 1.29 is 10.2 Å². The van der Waals surface area contributed by atoms with E-state index in [-0.39, 0.29) is 0 Å². The minimum atomic E-state index is -0.754. The fourth-order valence-corrected chi connectivity index (χ4v) is 1.26. The Morgan fingerprint density at radius 2 is 1.59 bits per heavy atom. The lowest BCUT2D eigenvalue weighted by atomic mass is 10.1. The highest BCUT2D eigenvalue weighted by Gasteiger charge is 2.12. The number of rotatable bonds is 8. The number of aliphatic hydroxyl groups is 2. The third kappa shape index (κ3) is 9.62. The van der Waals surface area contributed by atoms with Gasteiger partial charge in [0.05, 0.1) is 12.2 Å². The van der Waals surface area contributed by atoms with Crippen molar-refractivity contribution in [1.82, 2.24) is 0 Å². The zero-order valence-electron chi connectivity index (χ0n) is 10.4. The Balaban J connectivity index is 3.77. The van der Waals surface area contributed by atoms with Gasteiger partial charge in [0, 0.05) is 0 Å². The molecule has 0 aliphatic carbocycles. The average molecular weight is 234 g/mol. The molecule has 0 spiro atoms.